The molecule has 436 valence electrons. The van der Waals surface area contributed by atoms with Crippen LogP contribution in [-0.4, -0.2) is 16.2 Å². The SMILES string of the molecule is C1=CNC(c2cccc(N(c3ccc(N(c4ccc(-c5ccc(N(c6ccc(N(c7cccc(-c8ncccn8)c7)c7cccc8ccccc78)cc6)c6cccc7ccccc67)cc5)cc4)c4cccc5ccccc45)cc3)c3cccc4ccccc34)c2)N=C1. The Balaban J connectivity index is 0.750. The molecule has 1 aromatic heterocycles. The van der Waals surface area contributed by atoms with Crippen LogP contribution in [0.1, 0.15) is 11.7 Å². The normalized spacial score (nSPS) is 12.7. The number of aromatic nitrogens is 2. The summed E-state index contributed by atoms with van der Waals surface area (Å²) >= 11 is 0. The van der Waals surface area contributed by atoms with Gasteiger partial charge in [-0.1, -0.05) is 194 Å². The van der Waals surface area contributed by atoms with Crippen LogP contribution in [0.3, 0.4) is 0 Å². The van der Waals surface area contributed by atoms with Crippen molar-refractivity contribution in [2.75, 3.05) is 19.6 Å². The Hall–Kier alpha value is -12.4. The Morgan fingerprint density at radius 1 is 0.272 bits per heavy atom. The van der Waals surface area contributed by atoms with E-state index in [-0.39, 0.29) is 6.17 Å². The van der Waals surface area contributed by atoms with Gasteiger partial charge in [-0.05, 0) is 178 Å². The molecule has 1 aliphatic rings. The van der Waals surface area contributed by atoms with E-state index < -0.39 is 0 Å². The van der Waals surface area contributed by atoms with E-state index in [1.807, 2.05) is 24.6 Å². The van der Waals surface area contributed by atoms with Crippen LogP contribution < -0.4 is 24.9 Å². The van der Waals surface area contributed by atoms with Crippen LogP contribution in [0.4, 0.5) is 68.2 Å². The number of hydrogen-bond donors (Lipinski definition) is 1. The van der Waals surface area contributed by atoms with Gasteiger partial charge in [0, 0.05) is 91.2 Å². The molecule has 0 radical (unpaired) electrons. The van der Waals surface area contributed by atoms with Crippen LogP contribution in [0.15, 0.2) is 351 Å². The number of hydrogen-bond acceptors (Lipinski definition) is 8. The number of allylic oxidation sites excluding steroid dienone is 1. The average molecular weight is 1180 g/mol. The quantitative estimate of drug-likeness (QED) is 0.110. The summed E-state index contributed by atoms with van der Waals surface area (Å²) in [6.07, 6.45) is 9.14. The Bertz CT molecular complexity index is 5200. The third kappa shape index (κ3) is 10.6. The van der Waals surface area contributed by atoms with Crippen LogP contribution in [0.25, 0.3) is 65.6 Å². The topological polar surface area (TPSA) is 63.1 Å². The van der Waals surface area contributed by atoms with Gasteiger partial charge in [-0.15, -0.1) is 0 Å². The summed E-state index contributed by atoms with van der Waals surface area (Å²) < 4.78 is 0. The number of rotatable bonds is 15. The Labute approximate surface area is 534 Å². The van der Waals surface area contributed by atoms with Crippen molar-refractivity contribution in [3.8, 4) is 22.5 Å². The minimum Gasteiger partial charge on any atom is -0.366 e. The minimum absolute atomic E-state index is 0.175. The lowest BCUT2D eigenvalue weighted by atomic mass is 10.0. The molecule has 14 aromatic carbocycles. The zero-order valence-electron chi connectivity index (χ0n) is 50.2. The highest BCUT2D eigenvalue weighted by Gasteiger charge is 2.23. The van der Waals surface area contributed by atoms with Gasteiger partial charge >= 0.3 is 0 Å². The molecule has 1 N–H and O–H groups in total. The molecule has 1 unspecified atom stereocenters. The molecule has 0 fully saturated rings. The third-order valence-electron chi connectivity index (χ3n) is 17.4. The smallest absolute Gasteiger partial charge is 0.159 e. The second-order valence-electron chi connectivity index (χ2n) is 22.9. The molecule has 8 nitrogen and oxygen atoms in total. The first kappa shape index (κ1) is 55.0. The zero-order valence-corrected chi connectivity index (χ0v) is 50.2. The molecule has 2 heterocycles. The molecule has 16 rings (SSSR count). The van der Waals surface area contributed by atoms with E-state index in [1.165, 1.54) is 32.3 Å². The number of nitrogens with one attached hydrogen (secondary N) is 1. The molecular weight excluding hydrogens is 1120 g/mol. The van der Waals surface area contributed by atoms with E-state index in [2.05, 4.69) is 350 Å². The van der Waals surface area contributed by atoms with Gasteiger partial charge in [0.15, 0.2) is 5.82 Å². The van der Waals surface area contributed by atoms with Gasteiger partial charge in [-0.25, -0.2) is 9.97 Å². The van der Waals surface area contributed by atoms with Gasteiger partial charge in [0.2, 0.25) is 0 Å². The molecular formula is C84H60N8. The maximum absolute atomic E-state index is 4.75. The van der Waals surface area contributed by atoms with Gasteiger partial charge in [0.1, 0.15) is 6.17 Å². The van der Waals surface area contributed by atoms with E-state index in [0.29, 0.717) is 5.82 Å². The fraction of sp³-hybridized carbons (Fsp3) is 0.0119. The molecule has 1 aliphatic heterocycles. The van der Waals surface area contributed by atoms with Crippen LogP contribution in [-0.2, 0) is 0 Å². The first-order chi connectivity index (χ1) is 45.6. The van der Waals surface area contributed by atoms with Crippen molar-refractivity contribution >= 4 is 118 Å². The van der Waals surface area contributed by atoms with Gasteiger partial charge in [0.25, 0.3) is 0 Å². The standard InChI is InChI=1S/C84H60N8/c1-5-29-75-61(17-1)21-11-33-79(75)89(69-45-49-71(50-46-69)91(81-35-13-23-63-19-3-7-31-77(63)81)73-27-9-25-65(57-73)83-85-53-15-54-86-83)67-41-37-59(38-42-67)60-39-43-68(44-40-60)90(80-34-12-22-62-18-2-6-30-76(62)80)70-47-51-72(52-48-70)92(82-36-14-24-64-20-4-8-32-78(64)82)74-28-10-26-66(58-74)84-87-55-16-56-88-84/h1-58,83,85H. The molecule has 1 atom stereocenters. The maximum Gasteiger partial charge on any atom is 0.159 e. The Morgan fingerprint density at radius 2 is 0.609 bits per heavy atom. The highest BCUT2D eigenvalue weighted by Crippen LogP contribution is 2.47. The molecule has 0 aliphatic carbocycles. The summed E-state index contributed by atoms with van der Waals surface area (Å²) in [6, 6.07) is 116. The summed E-state index contributed by atoms with van der Waals surface area (Å²) in [7, 11) is 0. The zero-order chi connectivity index (χ0) is 61.2. The van der Waals surface area contributed by atoms with Gasteiger partial charge < -0.3 is 24.9 Å². The van der Waals surface area contributed by atoms with Crippen molar-refractivity contribution in [2.45, 2.75) is 6.17 Å². The molecule has 15 aromatic rings. The average Bonchev–Trinajstić information content (AvgIpc) is 0.943. The molecule has 0 bridgehead atoms. The second kappa shape index (κ2) is 24.3. The molecule has 0 saturated carbocycles. The van der Waals surface area contributed by atoms with Gasteiger partial charge in [-0.3, -0.25) is 4.99 Å². The minimum atomic E-state index is -0.175. The van der Waals surface area contributed by atoms with Crippen molar-refractivity contribution in [3.63, 3.8) is 0 Å². The highest BCUT2D eigenvalue weighted by molar-refractivity contribution is 6.03. The number of nitrogens with zero attached hydrogens (tertiary/aromatic N) is 7. The number of anilines is 12. The summed E-state index contributed by atoms with van der Waals surface area (Å²) in [5.41, 5.74) is 16.9. The van der Waals surface area contributed by atoms with Crippen molar-refractivity contribution in [3.05, 3.63) is 352 Å². The van der Waals surface area contributed by atoms with E-state index in [4.69, 9.17) is 4.99 Å². The first-order valence-electron chi connectivity index (χ1n) is 31.1. The van der Waals surface area contributed by atoms with Crippen LogP contribution in [0.2, 0.25) is 0 Å². The molecule has 92 heavy (non-hydrogen) atoms. The molecule has 8 heteroatoms. The van der Waals surface area contributed by atoms with E-state index in [1.54, 1.807) is 12.4 Å². The van der Waals surface area contributed by atoms with E-state index >= 15 is 0 Å². The maximum atomic E-state index is 4.75. The lowest BCUT2D eigenvalue weighted by molar-refractivity contribution is 0.653. The molecule has 0 saturated heterocycles. The largest absolute Gasteiger partial charge is 0.366 e. The third-order valence-corrected chi connectivity index (χ3v) is 17.4. The first-order valence-corrected chi connectivity index (χ1v) is 31.1. The summed E-state index contributed by atoms with van der Waals surface area (Å²) in [5.74, 6) is 0.680. The predicted octanol–water partition coefficient (Wildman–Crippen LogP) is 22.5. The predicted molar refractivity (Wildman–Crippen MR) is 385 cm³/mol. The van der Waals surface area contributed by atoms with Crippen molar-refractivity contribution in [2.24, 2.45) is 4.99 Å². The van der Waals surface area contributed by atoms with Crippen molar-refractivity contribution < 1.29 is 0 Å². The monoisotopic (exact) mass is 1180 g/mol. The molecule has 0 spiro atoms. The Kier molecular flexibility index (Phi) is 14.5. The van der Waals surface area contributed by atoms with E-state index in [0.717, 1.165) is 101 Å². The van der Waals surface area contributed by atoms with Crippen LogP contribution in [0, 0.1) is 0 Å². The van der Waals surface area contributed by atoms with Gasteiger partial charge in [-0.2, -0.15) is 0 Å². The van der Waals surface area contributed by atoms with Crippen molar-refractivity contribution in [1.82, 2.24) is 15.3 Å². The van der Waals surface area contributed by atoms with E-state index in [9.17, 15) is 0 Å². The summed E-state index contributed by atoms with van der Waals surface area (Å²) in [5, 5.41) is 12.8. The fourth-order valence-electron chi connectivity index (χ4n) is 13.0. The summed E-state index contributed by atoms with van der Waals surface area (Å²) in [4.78, 5) is 23.4. The van der Waals surface area contributed by atoms with Gasteiger partial charge in [0.05, 0.1) is 22.7 Å². The number of fused-ring (bicyclic) bond motifs is 4. The number of benzene rings is 14. The lowest BCUT2D eigenvalue weighted by Crippen LogP contribution is -2.17. The molecule has 0 amide bonds. The van der Waals surface area contributed by atoms with Crippen LogP contribution >= 0.6 is 0 Å². The highest BCUT2D eigenvalue weighted by atomic mass is 15.2. The lowest BCUT2D eigenvalue weighted by Gasteiger charge is -2.30. The summed E-state index contributed by atoms with van der Waals surface area (Å²) in [6.45, 7) is 0. The fourth-order valence-corrected chi connectivity index (χ4v) is 13.0. The number of aliphatic imine (C=N–C) groups is 1. The van der Waals surface area contributed by atoms with Crippen LogP contribution in [0.5, 0.6) is 0 Å². The van der Waals surface area contributed by atoms with Crippen molar-refractivity contribution in [1.29, 1.82) is 0 Å². The Morgan fingerprint density at radius 3 is 1.00 bits per heavy atom. The second-order valence-corrected chi connectivity index (χ2v) is 22.9.